The zero-order valence-corrected chi connectivity index (χ0v) is 14.9. The van der Waals surface area contributed by atoms with Crippen molar-refractivity contribution in [3.05, 3.63) is 63.9 Å². The number of amides is 1. The molecule has 136 valence electrons. The Morgan fingerprint density at radius 2 is 1.69 bits per heavy atom. The van der Waals surface area contributed by atoms with Crippen molar-refractivity contribution in [2.24, 2.45) is 0 Å². The maximum absolute atomic E-state index is 12.8. The third-order valence-corrected chi connectivity index (χ3v) is 4.13. The van der Waals surface area contributed by atoms with E-state index in [1.165, 1.54) is 12.1 Å². The molecule has 0 bridgehead atoms. The zero-order valence-electron chi connectivity index (χ0n) is 13.4. The fourth-order valence-electron chi connectivity index (χ4n) is 2.00. The number of carbonyl (C=O) groups is 3. The van der Waals surface area contributed by atoms with Crippen molar-refractivity contribution >= 4 is 46.5 Å². The van der Waals surface area contributed by atoms with Crippen LogP contribution in [0.25, 0.3) is 0 Å². The number of carbonyl (C=O) groups excluding carboxylic acids is 3. The van der Waals surface area contributed by atoms with E-state index in [1.54, 1.807) is 18.2 Å². The molecule has 2 rings (SSSR count). The minimum atomic E-state index is -0.701. The Hall–Kier alpha value is -2.44. The van der Waals surface area contributed by atoms with Gasteiger partial charge in [0, 0.05) is 12.0 Å². The molecule has 0 aliphatic rings. The largest absolute Gasteiger partial charge is 0.456 e. The lowest BCUT2D eigenvalue weighted by Crippen LogP contribution is -2.21. The van der Waals surface area contributed by atoms with Crippen LogP contribution in [0.1, 0.15) is 23.2 Å². The van der Waals surface area contributed by atoms with E-state index in [-0.39, 0.29) is 28.7 Å². The van der Waals surface area contributed by atoms with E-state index in [1.807, 2.05) is 0 Å². The minimum absolute atomic E-state index is 0.105. The van der Waals surface area contributed by atoms with Gasteiger partial charge in [0.2, 0.25) is 0 Å². The molecule has 26 heavy (non-hydrogen) atoms. The molecule has 8 heteroatoms. The quantitative estimate of drug-likeness (QED) is 0.558. The van der Waals surface area contributed by atoms with Crippen molar-refractivity contribution in [3.8, 4) is 0 Å². The fraction of sp³-hybridized carbons (Fsp3) is 0.167. The number of anilines is 1. The summed E-state index contributed by atoms with van der Waals surface area (Å²) >= 11 is 11.8. The molecule has 0 atom stereocenters. The number of esters is 1. The standard InChI is InChI=1S/C18H14Cl2FNO4/c19-13-2-1-3-14(18(13)20)22-16(24)10-26-17(25)9-8-15(23)11-4-6-12(21)7-5-11/h1-7H,8-10H2,(H,22,24). The summed E-state index contributed by atoms with van der Waals surface area (Å²) in [7, 11) is 0. The van der Waals surface area contributed by atoms with Gasteiger partial charge < -0.3 is 10.1 Å². The van der Waals surface area contributed by atoms with Crippen LogP contribution < -0.4 is 5.32 Å². The molecule has 0 saturated carbocycles. The summed E-state index contributed by atoms with van der Waals surface area (Å²) in [6, 6.07) is 9.73. The van der Waals surface area contributed by atoms with Crippen molar-refractivity contribution in [1.82, 2.24) is 0 Å². The molecule has 0 aliphatic heterocycles. The monoisotopic (exact) mass is 397 g/mol. The first-order valence-corrected chi connectivity index (χ1v) is 8.30. The number of halogens is 3. The van der Waals surface area contributed by atoms with Crippen LogP contribution in [0.2, 0.25) is 10.0 Å². The van der Waals surface area contributed by atoms with Gasteiger partial charge in [-0.3, -0.25) is 14.4 Å². The highest BCUT2D eigenvalue weighted by Gasteiger charge is 2.13. The molecule has 0 spiro atoms. The Kier molecular flexibility index (Phi) is 7.12. The molecule has 5 nitrogen and oxygen atoms in total. The smallest absolute Gasteiger partial charge is 0.306 e. The van der Waals surface area contributed by atoms with Gasteiger partial charge in [0.15, 0.2) is 12.4 Å². The van der Waals surface area contributed by atoms with E-state index in [2.05, 4.69) is 5.32 Å². The van der Waals surface area contributed by atoms with Crippen LogP contribution in [0.4, 0.5) is 10.1 Å². The summed E-state index contributed by atoms with van der Waals surface area (Å²) in [5.41, 5.74) is 0.597. The highest BCUT2D eigenvalue weighted by Crippen LogP contribution is 2.29. The number of ether oxygens (including phenoxy) is 1. The van der Waals surface area contributed by atoms with Crippen LogP contribution in [0.3, 0.4) is 0 Å². The molecule has 0 unspecified atom stereocenters. The second kappa shape index (κ2) is 9.31. The number of hydrogen-bond acceptors (Lipinski definition) is 4. The predicted octanol–water partition coefficient (Wildman–Crippen LogP) is 4.28. The van der Waals surface area contributed by atoms with Crippen LogP contribution in [0.15, 0.2) is 42.5 Å². The Morgan fingerprint density at radius 3 is 2.38 bits per heavy atom. The van der Waals surface area contributed by atoms with Gasteiger partial charge >= 0.3 is 5.97 Å². The summed E-state index contributed by atoms with van der Waals surface area (Å²) < 4.78 is 17.6. The molecule has 0 saturated heterocycles. The van der Waals surface area contributed by atoms with Gasteiger partial charge in [-0.25, -0.2) is 4.39 Å². The molecule has 1 amide bonds. The molecule has 1 N–H and O–H groups in total. The van der Waals surface area contributed by atoms with E-state index in [0.717, 1.165) is 12.1 Å². The normalized spacial score (nSPS) is 10.3. The van der Waals surface area contributed by atoms with E-state index in [4.69, 9.17) is 27.9 Å². The topological polar surface area (TPSA) is 72.5 Å². The Morgan fingerprint density at radius 1 is 1.00 bits per heavy atom. The maximum atomic E-state index is 12.8. The van der Waals surface area contributed by atoms with Crippen LogP contribution in [-0.2, 0) is 14.3 Å². The Balaban J connectivity index is 1.76. The number of Topliss-reactive ketones (excluding diaryl/α,β-unsaturated/α-hetero) is 1. The number of ketones is 1. The van der Waals surface area contributed by atoms with Gasteiger partial charge in [0.25, 0.3) is 5.91 Å². The van der Waals surface area contributed by atoms with Gasteiger partial charge in [-0.15, -0.1) is 0 Å². The molecule has 0 aliphatic carbocycles. The van der Waals surface area contributed by atoms with Crippen LogP contribution >= 0.6 is 23.2 Å². The van der Waals surface area contributed by atoms with E-state index in [9.17, 15) is 18.8 Å². The summed E-state index contributed by atoms with van der Waals surface area (Å²) in [6.45, 7) is -0.521. The lowest BCUT2D eigenvalue weighted by Gasteiger charge is -2.08. The first kappa shape index (κ1) is 19.9. The van der Waals surface area contributed by atoms with Gasteiger partial charge in [0.1, 0.15) is 5.82 Å². The van der Waals surface area contributed by atoms with E-state index < -0.39 is 24.3 Å². The molecule has 0 fully saturated rings. The SMILES string of the molecule is O=C(COC(=O)CCC(=O)c1ccc(F)cc1)Nc1cccc(Cl)c1Cl. The van der Waals surface area contributed by atoms with Crippen molar-refractivity contribution in [3.63, 3.8) is 0 Å². The number of hydrogen-bond donors (Lipinski definition) is 1. The zero-order chi connectivity index (χ0) is 19.1. The van der Waals surface area contributed by atoms with Gasteiger partial charge in [0.05, 0.1) is 22.2 Å². The molecule has 0 radical (unpaired) electrons. The van der Waals surface area contributed by atoms with Gasteiger partial charge in [-0.2, -0.15) is 0 Å². The summed E-state index contributed by atoms with van der Waals surface area (Å²) in [5, 5.41) is 2.93. The minimum Gasteiger partial charge on any atom is -0.456 e. The number of rotatable bonds is 7. The number of nitrogens with one attached hydrogen (secondary N) is 1. The maximum Gasteiger partial charge on any atom is 0.306 e. The first-order valence-electron chi connectivity index (χ1n) is 7.55. The second-order valence-corrected chi connectivity index (χ2v) is 6.03. The second-order valence-electron chi connectivity index (χ2n) is 5.24. The third kappa shape index (κ3) is 5.82. The van der Waals surface area contributed by atoms with Crippen molar-refractivity contribution in [2.75, 3.05) is 11.9 Å². The lowest BCUT2D eigenvalue weighted by atomic mass is 10.1. The summed E-state index contributed by atoms with van der Waals surface area (Å²) in [6.07, 6.45) is -0.298. The number of benzene rings is 2. The molecule has 2 aromatic rings. The molecular formula is C18H14Cl2FNO4. The summed E-state index contributed by atoms with van der Waals surface area (Å²) in [4.78, 5) is 35.3. The highest BCUT2D eigenvalue weighted by atomic mass is 35.5. The Bertz CT molecular complexity index is 824. The van der Waals surface area contributed by atoms with Gasteiger partial charge in [-0.1, -0.05) is 29.3 Å². The molecule has 2 aromatic carbocycles. The average Bonchev–Trinajstić information content (AvgIpc) is 2.62. The van der Waals surface area contributed by atoms with Crippen molar-refractivity contribution in [2.45, 2.75) is 12.8 Å². The van der Waals surface area contributed by atoms with Crippen LogP contribution in [0.5, 0.6) is 0 Å². The van der Waals surface area contributed by atoms with Gasteiger partial charge in [-0.05, 0) is 36.4 Å². The van der Waals surface area contributed by atoms with Crippen LogP contribution in [-0.4, -0.2) is 24.3 Å². The van der Waals surface area contributed by atoms with E-state index in [0.29, 0.717) is 11.3 Å². The molecule has 0 heterocycles. The Labute approximate surface area is 159 Å². The van der Waals surface area contributed by atoms with Crippen LogP contribution in [0, 0.1) is 5.82 Å². The third-order valence-electron chi connectivity index (χ3n) is 3.31. The highest BCUT2D eigenvalue weighted by molar-refractivity contribution is 6.44. The summed E-state index contributed by atoms with van der Waals surface area (Å²) in [5.74, 6) is -2.07. The predicted molar refractivity (Wildman–Crippen MR) is 96.0 cm³/mol. The van der Waals surface area contributed by atoms with Crippen molar-refractivity contribution in [1.29, 1.82) is 0 Å². The van der Waals surface area contributed by atoms with Crippen molar-refractivity contribution < 1.29 is 23.5 Å². The fourth-order valence-corrected chi connectivity index (χ4v) is 2.35. The molecule has 0 aromatic heterocycles. The van der Waals surface area contributed by atoms with E-state index >= 15 is 0 Å². The lowest BCUT2D eigenvalue weighted by molar-refractivity contribution is -0.147. The average molecular weight is 398 g/mol. The molecular weight excluding hydrogens is 384 g/mol. The first-order chi connectivity index (χ1) is 12.4.